The Labute approximate surface area is 187 Å². The Hall–Kier alpha value is -4.38. The van der Waals surface area contributed by atoms with E-state index in [0.29, 0.717) is 6.61 Å². The Kier molecular flexibility index (Phi) is 5.48. The molecular weight excluding hydrogens is 429 g/mol. The average Bonchev–Trinajstić information content (AvgIpc) is 3.16. The zero-order valence-electron chi connectivity index (χ0n) is 17.5. The molecule has 0 aromatic heterocycles. The summed E-state index contributed by atoms with van der Waals surface area (Å²) in [6.45, 7) is 0.473. The molecule has 0 fully saturated rings. The van der Waals surface area contributed by atoms with E-state index in [2.05, 4.69) is 4.28 Å². The van der Waals surface area contributed by atoms with Crippen LogP contribution in [0.2, 0.25) is 0 Å². The van der Waals surface area contributed by atoms with Gasteiger partial charge in [0, 0.05) is 36.4 Å². The molecule has 33 heavy (non-hydrogen) atoms. The number of nitro benzene ring substituents is 3. The van der Waals surface area contributed by atoms with Gasteiger partial charge in [-0.05, 0) is 6.08 Å². The van der Waals surface area contributed by atoms with Crippen LogP contribution in [0.25, 0.3) is 5.47 Å². The maximum absolute atomic E-state index is 11.2. The summed E-state index contributed by atoms with van der Waals surface area (Å²) < 4.78 is 3.10. The van der Waals surface area contributed by atoms with Crippen LogP contribution in [0.3, 0.4) is 0 Å². The topological polar surface area (TPSA) is 132 Å². The number of hydrogen-bond acceptors (Lipinski definition) is 6. The Balaban J connectivity index is 1.93. The fourth-order valence-corrected chi connectivity index (χ4v) is 4.63. The van der Waals surface area contributed by atoms with E-state index in [4.69, 9.17) is 0 Å². The van der Waals surface area contributed by atoms with Gasteiger partial charge in [0.05, 0.1) is 21.9 Å². The molecular formula is C22H18BN3O7. The highest BCUT2D eigenvalue weighted by Gasteiger charge is 2.49. The Morgan fingerprint density at radius 2 is 1.03 bits per heavy atom. The van der Waals surface area contributed by atoms with Crippen LogP contribution in [0.15, 0.2) is 78.9 Å². The summed E-state index contributed by atoms with van der Waals surface area (Å²) in [6.07, 6.45) is 0.0711. The number of non-ortho nitro benzene ring substituents is 3. The second-order valence-corrected chi connectivity index (χ2v) is 7.81. The van der Waals surface area contributed by atoms with E-state index in [1.165, 1.54) is 36.4 Å². The second-order valence-electron chi connectivity index (χ2n) is 7.81. The SMILES string of the molecule is C[O+]1CC=C(c2ccc([N+](=O)[O-])cc2)[B-]1(c1ccc([N+](=O)[O-])cc1)c1ccc([N+](=O)[O-])cc1. The molecule has 1 aliphatic heterocycles. The minimum absolute atomic E-state index is 0.0397. The van der Waals surface area contributed by atoms with Gasteiger partial charge in [-0.1, -0.05) is 42.0 Å². The molecule has 0 radical (unpaired) electrons. The lowest BCUT2D eigenvalue weighted by atomic mass is 9.27. The zero-order chi connectivity index (χ0) is 23.8. The molecule has 0 unspecified atom stereocenters. The summed E-state index contributed by atoms with van der Waals surface area (Å²) in [5.41, 5.74) is 2.95. The first-order valence-electron chi connectivity index (χ1n) is 9.98. The van der Waals surface area contributed by atoms with Crippen molar-refractivity contribution in [1.82, 2.24) is 0 Å². The van der Waals surface area contributed by atoms with E-state index >= 15 is 0 Å². The van der Waals surface area contributed by atoms with Crippen molar-refractivity contribution in [2.24, 2.45) is 0 Å². The van der Waals surface area contributed by atoms with Crippen LogP contribution in [0, 0.1) is 30.3 Å². The molecule has 0 atom stereocenters. The predicted octanol–water partition coefficient (Wildman–Crippen LogP) is 3.29. The summed E-state index contributed by atoms with van der Waals surface area (Å²) in [6, 6.07) is 18.6. The van der Waals surface area contributed by atoms with E-state index < -0.39 is 21.1 Å². The fourth-order valence-electron chi connectivity index (χ4n) is 4.63. The van der Waals surface area contributed by atoms with Crippen LogP contribution in [-0.4, -0.2) is 34.8 Å². The maximum Gasteiger partial charge on any atom is 0.377 e. The quantitative estimate of drug-likeness (QED) is 0.247. The van der Waals surface area contributed by atoms with Crippen molar-refractivity contribution in [1.29, 1.82) is 0 Å². The molecule has 0 bridgehead atoms. The summed E-state index contributed by atoms with van der Waals surface area (Å²) >= 11 is 0. The van der Waals surface area contributed by atoms with Gasteiger partial charge in [-0.25, -0.2) is 0 Å². The Morgan fingerprint density at radius 3 is 1.39 bits per heavy atom. The average molecular weight is 447 g/mol. The zero-order valence-corrected chi connectivity index (χ0v) is 17.5. The monoisotopic (exact) mass is 447 g/mol. The van der Waals surface area contributed by atoms with Crippen molar-refractivity contribution in [2.45, 2.75) is 0 Å². The third-order valence-corrected chi connectivity index (χ3v) is 6.17. The van der Waals surface area contributed by atoms with Gasteiger partial charge in [-0.3, -0.25) is 30.3 Å². The maximum atomic E-state index is 11.2. The first-order valence-corrected chi connectivity index (χ1v) is 9.98. The number of hydrogen-bond donors (Lipinski definition) is 0. The molecule has 0 amide bonds. The molecule has 1 aliphatic rings. The van der Waals surface area contributed by atoms with Crippen LogP contribution >= 0.6 is 0 Å². The van der Waals surface area contributed by atoms with E-state index in [9.17, 15) is 30.3 Å². The predicted molar refractivity (Wildman–Crippen MR) is 124 cm³/mol. The molecule has 0 N–H and O–H groups in total. The molecule has 0 saturated heterocycles. The third kappa shape index (κ3) is 3.64. The number of nitro groups is 3. The van der Waals surface area contributed by atoms with Crippen LogP contribution < -0.4 is 10.9 Å². The lowest BCUT2D eigenvalue weighted by Crippen LogP contribution is -2.64. The molecule has 0 aliphatic carbocycles. The van der Waals surface area contributed by atoms with E-state index in [0.717, 1.165) is 22.0 Å². The van der Waals surface area contributed by atoms with E-state index in [-0.39, 0.29) is 17.1 Å². The highest BCUT2D eigenvalue weighted by Crippen LogP contribution is 2.36. The van der Waals surface area contributed by atoms with Gasteiger partial charge in [-0.15, -0.1) is 16.4 Å². The first-order chi connectivity index (χ1) is 15.7. The van der Waals surface area contributed by atoms with E-state index in [1.54, 1.807) is 36.4 Å². The lowest BCUT2D eigenvalue weighted by Gasteiger charge is -2.43. The van der Waals surface area contributed by atoms with Crippen molar-refractivity contribution in [3.8, 4) is 0 Å². The second kappa shape index (κ2) is 8.28. The summed E-state index contributed by atoms with van der Waals surface area (Å²) in [5, 5.41) is 33.5. The van der Waals surface area contributed by atoms with Crippen molar-refractivity contribution in [3.63, 3.8) is 0 Å². The molecule has 3 aromatic carbocycles. The molecule has 0 saturated carbocycles. The Morgan fingerprint density at radius 1 is 0.667 bits per heavy atom. The van der Waals surface area contributed by atoms with Gasteiger partial charge in [0.2, 0.25) is 0 Å². The molecule has 10 nitrogen and oxygen atoms in total. The summed E-state index contributed by atoms with van der Waals surface area (Å²) in [4.78, 5) is 32.0. The third-order valence-electron chi connectivity index (χ3n) is 6.17. The first kappa shape index (κ1) is 21.8. The summed E-state index contributed by atoms with van der Waals surface area (Å²) in [7, 11) is 1.83. The van der Waals surface area contributed by atoms with Gasteiger partial charge in [0.1, 0.15) is 6.61 Å². The van der Waals surface area contributed by atoms with Gasteiger partial charge in [0.25, 0.3) is 17.1 Å². The number of nitrogens with zero attached hydrogens (tertiary/aromatic N) is 3. The Bertz CT molecular complexity index is 1220. The van der Waals surface area contributed by atoms with Crippen LogP contribution in [-0.2, 0) is 4.28 Å². The molecule has 0 spiro atoms. The molecule has 3 aromatic rings. The fraction of sp³-hybridized carbons (Fsp3) is 0.0909. The number of benzene rings is 3. The van der Waals surface area contributed by atoms with Crippen LogP contribution in [0.5, 0.6) is 0 Å². The minimum Gasteiger partial charge on any atom is -0.659 e. The smallest absolute Gasteiger partial charge is 0.377 e. The van der Waals surface area contributed by atoms with Crippen LogP contribution in [0.1, 0.15) is 5.56 Å². The van der Waals surface area contributed by atoms with Gasteiger partial charge < -0.3 is 4.28 Å². The van der Waals surface area contributed by atoms with Crippen molar-refractivity contribution in [2.75, 3.05) is 13.7 Å². The lowest BCUT2D eigenvalue weighted by molar-refractivity contribution is -0.385. The van der Waals surface area contributed by atoms with Gasteiger partial charge in [0.15, 0.2) is 0 Å². The summed E-state index contributed by atoms with van der Waals surface area (Å²) in [5.74, 6) is 0. The largest absolute Gasteiger partial charge is 0.659 e. The molecule has 4 rings (SSSR count). The van der Waals surface area contributed by atoms with E-state index in [1.807, 2.05) is 13.2 Å². The van der Waals surface area contributed by atoms with Crippen LogP contribution in [0.4, 0.5) is 17.1 Å². The molecule has 166 valence electrons. The normalized spacial score (nSPS) is 15.1. The van der Waals surface area contributed by atoms with Crippen molar-refractivity contribution >= 4 is 39.8 Å². The van der Waals surface area contributed by atoms with Crippen molar-refractivity contribution in [3.05, 3.63) is 115 Å². The molecule has 11 heteroatoms. The minimum atomic E-state index is -1.91. The highest BCUT2D eigenvalue weighted by molar-refractivity contribution is 7.11. The highest BCUT2D eigenvalue weighted by atomic mass is 16.6. The molecule has 1 heterocycles. The van der Waals surface area contributed by atoms with Gasteiger partial charge in [-0.2, -0.15) is 0 Å². The van der Waals surface area contributed by atoms with Gasteiger partial charge >= 0.3 is 6.35 Å². The standard InChI is InChI=1S/C22H18BN3O7/c1-33-15-14-22(16-2-8-19(9-3-16)24(27)28)23(33,17-4-10-20(11-5-17)25(29)30)18-6-12-21(13-7-18)26(31)32/h2-14H,15H2,1H3. The van der Waals surface area contributed by atoms with Crippen molar-refractivity contribution < 1.29 is 19.1 Å². The number of rotatable bonds is 6.